The molecule has 5 heteroatoms. The van der Waals surface area contributed by atoms with Gasteiger partial charge in [0.05, 0.1) is 12.2 Å². The van der Waals surface area contributed by atoms with E-state index in [2.05, 4.69) is 6.92 Å². The van der Waals surface area contributed by atoms with Crippen LogP contribution >= 0.6 is 0 Å². The van der Waals surface area contributed by atoms with Crippen molar-refractivity contribution < 1.29 is 22.3 Å². The molecule has 2 unspecified atom stereocenters. The minimum absolute atomic E-state index is 0.184. The summed E-state index contributed by atoms with van der Waals surface area (Å²) in [6, 6.07) is 0. The van der Waals surface area contributed by atoms with Crippen LogP contribution in [-0.4, -0.2) is 18.9 Å². The van der Waals surface area contributed by atoms with E-state index in [1.54, 1.807) is 0 Å². The Balaban J connectivity index is 1.82. The first-order valence-corrected chi connectivity index (χ1v) is 7.41. The third-order valence-corrected chi connectivity index (χ3v) is 4.53. The molecule has 0 radical (unpaired) electrons. The summed E-state index contributed by atoms with van der Waals surface area (Å²) in [5.74, 6) is -0.586. The largest absolute Gasteiger partial charge is 0.412 e. The molecule has 1 saturated heterocycles. The van der Waals surface area contributed by atoms with Crippen LogP contribution in [0.3, 0.4) is 0 Å². The van der Waals surface area contributed by atoms with Gasteiger partial charge >= 0.3 is 6.18 Å². The second-order valence-corrected chi connectivity index (χ2v) is 6.24. The van der Waals surface area contributed by atoms with E-state index in [-0.39, 0.29) is 12.2 Å². The first-order chi connectivity index (χ1) is 9.35. The maximum Gasteiger partial charge on any atom is 0.412 e. The summed E-state index contributed by atoms with van der Waals surface area (Å²) < 4.78 is 55.7. The number of halogens is 4. The zero-order valence-electron chi connectivity index (χ0n) is 11.8. The summed E-state index contributed by atoms with van der Waals surface area (Å²) in [6.07, 6.45) is 0.189. The molecule has 0 spiro atoms. The van der Waals surface area contributed by atoms with Gasteiger partial charge in [-0.1, -0.05) is 6.92 Å². The first kappa shape index (κ1) is 15.8. The van der Waals surface area contributed by atoms with Crippen molar-refractivity contribution >= 4 is 0 Å². The van der Waals surface area contributed by atoms with Crippen molar-refractivity contribution in [3.05, 3.63) is 11.9 Å². The third kappa shape index (κ3) is 4.47. The van der Waals surface area contributed by atoms with Crippen LogP contribution in [0.25, 0.3) is 0 Å². The molecule has 0 aromatic rings. The van der Waals surface area contributed by atoms with Gasteiger partial charge in [-0.3, -0.25) is 0 Å². The van der Waals surface area contributed by atoms with Gasteiger partial charge in [0, 0.05) is 12.5 Å². The maximum atomic E-state index is 13.5. The third-order valence-electron chi connectivity index (χ3n) is 4.53. The maximum absolute atomic E-state index is 13.5. The minimum atomic E-state index is -4.55. The normalized spacial score (nSPS) is 37.0. The van der Waals surface area contributed by atoms with E-state index in [0.29, 0.717) is 24.7 Å². The SMILES string of the molecule is CC1CCC(C2CCC(/C(F)=C/C(F)(F)F)CC2)OC1. The predicted molar refractivity (Wildman–Crippen MR) is 68.8 cm³/mol. The molecule has 2 aliphatic rings. The number of hydrogen-bond acceptors (Lipinski definition) is 1. The van der Waals surface area contributed by atoms with Crippen LogP contribution in [0.5, 0.6) is 0 Å². The number of ether oxygens (including phenoxy) is 1. The van der Waals surface area contributed by atoms with Crippen molar-refractivity contribution in [2.75, 3.05) is 6.61 Å². The monoisotopic (exact) mass is 294 g/mol. The van der Waals surface area contributed by atoms with Gasteiger partial charge in [-0.25, -0.2) is 4.39 Å². The van der Waals surface area contributed by atoms with E-state index in [4.69, 9.17) is 4.74 Å². The van der Waals surface area contributed by atoms with Crippen LogP contribution in [0.2, 0.25) is 0 Å². The van der Waals surface area contributed by atoms with Crippen LogP contribution in [0.15, 0.2) is 11.9 Å². The van der Waals surface area contributed by atoms with E-state index in [9.17, 15) is 17.6 Å². The molecule has 1 aliphatic carbocycles. The lowest BCUT2D eigenvalue weighted by atomic mass is 9.77. The molecule has 0 bridgehead atoms. The Labute approximate surface area is 117 Å². The standard InChI is InChI=1S/C15H22F4O/c1-10-2-7-14(20-9-10)12-5-3-11(4-6-12)13(16)8-15(17,18)19/h8,10-12,14H,2-7,9H2,1H3/b13-8-. The molecule has 1 aliphatic heterocycles. The van der Waals surface area contributed by atoms with E-state index >= 15 is 0 Å². The number of rotatable bonds is 2. The molecular weight excluding hydrogens is 272 g/mol. The van der Waals surface area contributed by atoms with E-state index < -0.39 is 17.9 Å². The quantitative estimate of drug-likeness (QED) is 0.649. The summed E-state index contributed by atoms with van der Waals surface area (Å²) in [5.41, 5.74) is 0. The summed E-state index contributed by atoms with van der Waals surface area (Å²) in [6.45, 7) is 2.93. The van der Waals surface area contributed by atoms with Crippen LogP contribution in [0.4, 0.5) is 17.6 Å². The molecule has 0 aromatic heterocycles. The van der Waals surface area contributed by atoms with Crippen molar-refractivity contribution in [2.45, 2.75) is 57.7 Å². The molecule has 20 heavy (non-hydrogen) atoms. The van der Waals surface area contributed by atoms with E-state index in [0.717, 1.165) is 32.3 Å². The molecular formula is C15H22F4O. The molecule has 1 nitrogen and oxygen atoms in total. The average molecular weight is 294 g/mol. The molecule has 1 heterocycles. The Hall–Kier alpha value is -0.580. The van der Waals surface area contributed by atoms with Gasteiger partial charge < -0.3 is 4.74 Å². The van der Waals surface area contributed by atoms with Gasteiger partial charge in [0.15, 0.2) is 0 Å². The Morgan fingerprint density at radius 1 is 1.05 bits per heavy atom. The average Bonchev–Trinajstić information content (AvgIpc) is 2.38. The van der Waals surface area contributed by atoms with Crippen molar-refractivity contribution in [1.82, 2.24) is 0 Å². The molecule has 2 rings (SSSR count). The highest BCUT2D eigenvalue weighted by Gasteiger charge is 2.34. The Bertz CT molecular complexity index is 334. The van der Waals surface area contributed by atoms with Gasteiger partial charge in [0.1, 0.15) is 5.83 Å². The second kappa shape index (κ2) is 6.46. The fourth-order valence-corrected chi connectivity index (χ4v) is 3.32. The summed E-state index contributed by atoms with van der Waals surface area (Å²) in [5, 5.41) is 0. The van der Waals surface area contributed by atoms with Crippen molar-refractivity contribution in [3.63, 3.8) is 0 Å². The fourth-order valence-electron chi connectivity index (χ4n) is 3.32. The zero-order chi connectivity index (χ0) is 14.8. The molecule has 116 valence electrons. The lowest BCUT2D eigenvalue weighted by molar-refractivity contribution is -0.0825. The zero-order valence-corrected chi connectivity index (χ0v) is 11.8. The smallest absolute Gasteiger partial charge is 0.378 e. The van der Waals surface area contributed by atoms with E-state index in [1.807, 2.05) is 0 Å². The van der Waals surface area contributed by atoms with Crippen molar-refractivity contribution in [1.29, 1.82) is 0 Å². The molecule has 0 N–H and O–H groups in total. The molecule has 0 amide bonds. The van der Waals surface area contributed by atoms with Crippen LogP contribution in [0, 0.1) is 17.8 Å². The number of hydrogen-bond donors (Lipinski definition) is 0. The van der Waals surface area contributed by atoms with Crippen molar-refractivity contribution in [3.8, 4) is 0 Å². The van der Waals surface area contributed by atoms with E-state index in [1.165, 1.54) is 0 Å². The van der Waals surface area contributed by atoms with Crippen LogP contribution < -0.4 is 0 Å². The molecule has 1 saturated carbocycles. The first-order valence-electron chi connectivity index (χ1n) is 7.41. The Morgan fingerprint density at radius 2 is 1.70 bits per heavy atom. The van der Waals surface area contributed by atoms with Crippen LogP contribution in [0.1, 0.15) is 45.4 Å². The molecule has 0 aromatic carbocycles. The number of allylic oxidation sites excluding steroid dienone is 2. The Morgan fingerprint density at radius 3 is 2.20 bits per heavy atom. The topological polar surface area (TPSA) is 9.23 Å². The van der Waals surface area contributed by atoms with Crippen LogP contribution in [-0.2, 0) is 4.74 Å². The van der Waals surface area contributed by atoms with Gasteiger partial charge in [0.25, 0.3) is 0 Å². The molecule has 2 fully saturated rings. The number of alkyl halides is 3. The van der Waals surface area contributed by atoms with Gasteiger partial charge in [0.2, 0.25) is 0 Å². The highest BCUT2D eigenvalue weighted by molar-refractivity contribution is 5.03. The predicted octanol–water partition coefficient (Wildman–Crippen LogP) is 5.02. The lowest BCUT2D eigenvalue weighted by Gasteiger charge is -2.36. The highest BCUT2D eigenvalue weighted by Crippen LogP contribution is 2.39. The van der Waals surface area contributed by atoms with Gasteiger partial charge in [-0.2, -0.15) is 13.2 Å². The Kier molecular flexibility index (Phi) is 5.10. The van der Waals surface area contributed by atoms with Crippen molar-refractivity contribution in [2.24, 2.45) is 17.8 Å². The van der Waals surface area contributed by atoms with Gasteiger partial charge in [-0.05, 0) is 50.4 Å². The highest BCUT2D eigenvalue weighted by atomic mass is 19.4. The lowest BCUT2D eigenvalue weighted by Crippen LogP contribution is -2.33. The second-order valence-electron chi connectivity index (χ2n) is 6.24. The minimum Gasteiger partial charge on any atom is -0.378 e. The van der Waals surface area contributed by atoms with Gasteiger partial charge in [-0.15, -0.1) is 0 Å². The fraction of sp³-hybridized carbons (Fsp3) is 0.867. The summed E-state index contributed by atoms with van der Waals surface area (Å²) in [4.78, 5) is 0. The summed E-state index contributed by atoms with van der Waals surface area (Å²) >= 11 is 0. The molecule has 2 atom stereocenters. The summed E-state index contributed by atoms with van der Waals surface area (Å²) in [7, 11) is 0.